The van der Waals surface area contributed by atoms with Crippen LogP contribution in [0, 0.1) is 0 Å². The van der Waals surface area contributed by atoms with Crippen LogP contribution in [0.1, 0.15) is 20.7 Å². The first kappa shape index (κ1) is 19.5. The average molecular weight is 427 g/mol. The zero-order valence-corrected chi connectivity index (χ0v) is 16.6. The van der Waals surface area contributed by atoms with Crippen LogP contribution in [0.2, 0.25) is 15.1 Å². The summed E-state index contributed by atoms with van der Waals surface area (Å²) in [6.45, 7) is -0.443. The van der Waals surface area contributed by atoms with Gasteiger partial charge < -0.3 is 10.2 Å². The standard InChI is InChI=1S/C18H14Cl3N3O3/c1-23(2)15-4-3-9(19)5-14(15)22-16(25)8-24-17(26)10-6-12(20)13(21)7-11(10)18(24)27/h3-7H,8H2,1-2H3,(H,22,25). The Hall–Kier alpha value is -2.28. The minimum atomic E-state index is -0.595. The Morgan fingerprint density at radius 3 is 2.07 bits per heavy atom. The zero-order valence-electron chi connectivity index (χ0n) is 14.3. The molecule has 6 nitrogen and oxygen atoms in total. The molecule has 0 radical (unpaired) electrons. The molecule has 1 N–H and O–H groups in total. The Balaban J connectivity index is 1.81. The maximum absolute atomic E-state index is 12.5. The summed E-state index contributed by atoms with van der Waals surface area (Å²) in [7, 11) is 3.63. The first-order valence-electron chi connectivity index (χ1n) is 7.81. The first-order chi connectivity index (χ1) is 12.7. The van der Waals surface area contributed by atoms with Crippen molar-refractivity contribution >= 4 is 63.9 Å². The number of hydrogen-bond acceptors (Lipinski definition) is 4. The molecule has 0 aromatic heterocycles. The number of fused-ring (bicyclic) bond motifs is 1. The normalized spacial score (nSPS) is 13.0. The molecule has 0 bridgehead atoms. The Labute approximate surface area is 170 Å². The predicted octanol–water partition coefficient (Wildman–Crippen LogP) is 3.95. The third-order valence-electron chi connectivity index (χ3n) is 4.03. The quantitative estimate of drug-likeness (QED) is 0.752. The molecule has 1 aliphatic heterocycles. The van der Waals surface area contributed by atoms with Crippen molar-refractivity contribution in [1.29, 1.82) is 0 Å². The van der Waals surface area contributed by atoms with Crippen LogP contribution in [0.4, 0.5) is 11.4 Å². The molecule has 0 atom stereocenters. The van der Waals surface area contributed by atoms with Gasteiger partial charge in [-0.25, -0.2) is 0 Å². The van der Waals surface area contributed by atoms with Gasteiger partial charge in [0, 0.05) is 19.1 Å². The summed E-state index contributed by atoms with van der Waals surface area (Å²) in [4.78, 5) is 40.1. The molecule has 2 aromatic carbocycles. The molecule has 0 spiro atoms. The first-order valence-corrected chi connectivity index (χ1v) is 8.94. The van der Waals surface area contributed by atoms with Gasteiger partial charge in [0.2, 0.25) is 5.91 Å². The summed E-state index contributed by atoms with van der Waals surface area (Å²) in [5.74, 6) is -1.72. The second-order valence-corrected chi connectivity index (χ2v) is 7.36. The van der Waals surface area contributed by atoms with Gasteiger partial charge >= 0.3 is 0 Å². The van der Waals surface area contributed by atoms with Crippen molar-refractivity contribution in [3.8, 4) is 0 Å². The summed E-state index contributed by atoms with van der Waals surface area (Å²) in [6.07, 6.45) is 0. The van der Waals surface area contributed by atoms with Crippen LogP contribution in [-0.2, 0) is 4.79 Å². The second-order valence-electron chi connectivity index (χ2n) is 6.11. The van der Waals surface area contributed by atoms with Gasteiger partial charge in [-0.15, -0.1) is 0 Å². The molecule has 27 heavy (non-hydrogen) atoms. The van der Waals surface area contributed by atoms with Crippen molar-refractivity contribution in [2.75, 3.05) is 30.9 Å². The Kier molecular flexibility index (Phi) is 5.33. The van der Waals surface area contributed by atoms with Crippen LogP contribution in [0.25, 0.3) is 0 Å². The number of amides is 3. The van der Waals surface area contributed by atoms with E-state index >= 15 is 0 Å². The number of nitrogens with zero attached hydrogens (tertiary/aromatic N) is 2. The molecular weight excluding hydrogens is 413 g/mol. The summed E-state index contributed by atoms with van der Waals surface area (Å²) in [5, 5.41) is 3.46. The Morgan fingerprint density at radius 1 is 1.00 bits per heavy atom. The van der Waals surface area contributed by atoms with Gasteiger partial charge in [0.05, 0.1) is 32.5 Å². The molecule has 0 saturated heterocycles. The average Bonchev–Trinajstić information content (AvgIpc) is 2.80. The monoisotopic (exact) mass is 425 g/mol. The number of rotatable bonds is 4. The molecule has 0 unspecified atom stereocenters. The Morgan fingerprint density at radius 2 is 1.56 bits per heavy atom. The van der Waals surface area contributed by atoms with Gasteiger partial charge in [0.1, 0.15) is 6.54 Å². The third kappa shape index (κ3) is 3.74. The lowest BCUT2D eigenvalue weighted by Crippen LogP contribution is -2.37. The highest BCUT2D eigenvalue weighted by molar-refractivity contribution is 6.43. The zero-order chi connectivity index (χ0) is 19.9. The van der Waals surface area contributed by atoms with Gasteiger partial charge in [-0.2, -0.15) is 0 Å². The summed E-state index contributed by atoms with van der Waals surface area (Å²) in [5.41, 5.74) is 1.45. The van der Waals surface area contributed by atoms with Crippen molar-refractivity contribution in [2.24, 2.45) is 0 Å². The Bertz CT molecular complexity index is 935. The van der Waals surface area contributed by atoms with Gasteiger partial charge in [0.15, 0.2) is 0 Å². The molecule has 3 amide bonds. The van der Waals surface area contributed by atoms with E-state index < -0.39 is 24.3 Å². The molecule has 0 saturated carbocycles. The number of hydrogen-bond donors (Lipinski definition) is 1. The van der Waals surface area contributed by atoms with E-state index in [1.54, 1.807) is 23.1 Å². The van der Waals surface area contributed by atoms with Gasteiger partial charge in [-0.3, -0.25) is 19.3 Å². The van der Waals surface area contributed by atoms with Crippen LogP contribution in [0.3, 0.4) is 0 Å². The molecule has 2 aromatic rings. The molecule has 1 aliphatic rings. The summed E-state index contributed by atoms with van der Waals surface area (Å²) in [6, 6.07) is 7.71. The maximum atomic E-state index is 12.5. The number of benzene rings is 2. The van der Waals surface area contributed by atoms with Crippen LogP contribution >= 0.6 is 34.8 Å². The lowest BCUT2D eigenvalue weighted by molar-refractivity contribution is -0.116. The number of halogens is 3. The summed E-state index contributed by atoms with van der Waals surface area (Å²) >= 11 is 17.8. The van der Waals surface area contributed by atoms with Gasteiger partial charge in [0.25, 0.3) is 11.8 Å². The number of carbonyl (C=O) groups excluding carboxylic acids is 3. The van der Waals surface area contributed by atoms with E-state index in [-0.39, 0.29) is 21.2 Å². The number of carbonyl (C=O) groups is 3. The minimum Gasteiger partial charge on any atom is -0.376 e. The van der Waals surface area contributed by atoms with Gasteiger partial charge in [-0.05, 0) is 30.3 Å². The van der Waals surface area contributed by atoms with Crippen molar-refractivity contribution in [2.45, 2.75) is 0 Å². The highest BCUT2D eigenvalue weighted by Crippen LogP contribution is 2.32. The fourth-order valence-corrected chi connectivity index (χ4v) is 3.26. The number of imide groups is 1. The predicted molar refractivity (Wildman–Crippen MR) is 106 cm³/mol. The van der Waals surface area contributed by atoms with Crippen molar-refractivity contribution in [3.63, 3.8) is 0 Å². The van der Waals surface area contributed by atoms with Crippen LogP contribution in [0.15, 0.2) is 30.3 Å². The lowest BCUT2D eigenvalue weighted by atomic mass is 10.1. The molecule has 1 heterocycles. The van der Waals surface area contributed by atoms with E-state index in [9.17, 15) is 14.4 Å². The van der Waals surface area contributed by atoms with Crippen LogP contribution in [0.5, 0.6) is 0 Å². The maximum Gasteiger partial charge on any atom is 0.262 e. The molecule has 140 valence electrons. The summed E-state index contributed by atoms with van der Waals surface area (Å²) < 4.78 is 0. The smallest absolute Gasteiger partial charge is 0.262 e. The fourth-order valence-electron chi connectivity index (χ4n) is 2.76. The van der Waals surface area contributed by atoms with E-state index in [0.29, 0.717) is 10.7 Å². The molecular formula is C18H14Cl3N3O3. The van der Waals surface area contributed by atoms with Crippen molar-refractivity contribution in [3.05, 3.63) is 56.5 Å². The molecule has 0 aliphatic carbocycles. The van der Waals surface area contributed by atoms with Crippen molar-refractivity contribution in [1.82, 2.24) is 4.90 Å². The van der Waals surface area contributed by atoms with Crippen LogP contribution < -0.4 is 10.2 Å². The lowest BCUT2D eigenvalue weighted by Gasteiger charge is -2.19. The van der Waals surface area contributed by atoms with E-state index in [2.05, 4.69) is 5.32 Å². The van der Waals surface area contributed by atoms with Gasteiger partial charge in [-0.1, -0.05) is 34.8 Å². The minimum absolute atomic E-state index is 0.124. The highest BCUT2D eigenvalue weighted by Gasteiger charge is 2.37. The number of anilines is 2. The topological polar surface area (TPSA) is 69.7 Å². The largest absolute Gasteiger partial charge is 0.376 e. The SMILES string of the molecule is CN(C)c1ccc(Cl)cc1NC(=O)CN1C(=O)c2cc(Cl)c(Cl)cc2C1=O. The van der Waals surface area contributed by atoms with E-state index in [0.717, 1.165) is 10.6 Å². The molecule has 0 fully saturated rings. The highest BCUT2D eigenvalue weighted by atomic mass is 35.5. The van der Waals surface area contributed by atoms with Crippen molar-refractivity contribution < 1.29 is 14.4 Å². The second kappa shape index (κ2) is 7.38. The van der Waals surface area contributed by atoms with E-state index in [4.69, 9.17) is 34.8 Å². The third-order valence-corrected chi connectivity index (χ3v) is 4.99. The number of nitrogens with one attached hydrogen (secondary N) is 1. The molecule has 9 heteroatoms. The van der Waals surface area contributed by atoms with E-state index in [1.807, 2.05) is 14.1 Å². The fraction of sp³-hybridized carbons (Fsp3) is 0.167. The molecule has 3 rings (SSSR count). The van der Waals surface area contributed by atoms with Crippen LogP contribution in [-0.4, -0.2) is 43.3 Å². The van der Waals surface area contributed by atoms with E-state index in [1.165, 1.54) is 12.1 Å².